The van der Waals surface area contributed by atoms with Crippen molar-refractivity contribution in [1.29, 1.82) is 0 Å². The van der Waals surface area contributed by atoms with Gasteiger partial charge in [-0.05, 0) is 31.4 Å². The maximum Gasteiger partial charge on any atom is 0.222 e. The Kier molecular flexibility index (Phi) is 5.06. The highest BCUT2D eigenvalue weighted by molar-refractivity contribution is 6.31. The van der Waals surface area contributed by atoms with Gasteiger partial charge in [-0.3, -0.25) is 9.89 Å². The highest BCUT2D eigenvalue weighted by Gasteiger charge is 2.26. The van der Waals surface area contributed by atoms with Crippen LogP contribution in [-0.2, 0) is 4.79 Å². The van der Waals surface area contributed by atoms with Gasteiger partial charge in [0.25, 0.3) is 0 Å². The monoisotopic (exact) mass is 334 g/mol. The highest BCUT2D eigenvalue weighted by atomic mass is 35.5. The fourth-order valence-electron chi connectivity index (χ4n) is 3.38. The molecule has 0 radical (unpaired) electrons. The van der Waals surface area contributed by atoms with Crippen LogP contribution in [0.2, 0.25) is 5.02 Å². The van der Waals surface area contributed by atoms with E-state index in [1.54, 1.807) is 0 Å². The number of anilines is 1. The van der Waals surface area contributed by atoms with Crippen LogP contribution < -0.4 is 5.32 Å². The quantitative estimate of drug-likeness (QED) is 0.809. The van der Waals surface area contributed by atoms with Crippen LogP contribution in [0.5, 0.6) is 0 Å². The maximum absolute atomic E-state index is 12.0. The van der Waals surface area contributed by atoms with Crippen molar-refractivity contribution in [1.82, 2.24) is 15.1 Å². The average molecular weight is 335 g/mol. The Hall–Kier alpha value is -1.75. The molecule has 124 valence electrons. The third-order valence-electron chi connectivity index (χ3n) is 4.49. The second-order valence-electron chi connectivity index (χ2n) is 6.13. The number of nitrogens with zero attached hydrogens (tertiary/aromatic N) is 2. The lowest BCUT2D eigenvalue weighted by Gasteiger charge is -2.28. The topological polar surface area (TPSA) is 61.0 Å². The van der Waals surface area contributed by atoms with Gasteiger partial charge in [0.2, 0.25) is 5.91 Å². The van der Waals surface area contributed by atoms with E-state index in [4.69, 9.17) is 11.6 Å². The Balaban J connectivity index is 1.64. The van der Waals surface area contributed by atoms with E-state index in [2.05, 4.69) is 27.3 Å². The predicted octanol–water partition coefficient (Wildman–Crippen LogP) is 3.81. The molecule has 0 bridgehead atoms. The average Bonchev–Trinajstić information content (AvgIpc) is 3.15. The Bertz CT molecular complexity index is 684. The molecule has 2 N–H and O–H groups in total. The molecule has 0 saturated carbocycles. The third-order valence-corrected chi connectivity index (χ3v) is 4.71. The summed E-state index contributed by atoms with van der Waals surface area (Å²) in [5.74, 6) is 0.309. The van der Waals surface area contributed by atoms with Gasteiger partial charge in [-0.1, -0.05) is 24.9 Å². The summed E-state index contributed by atoms with van der Waals surface area (Å²) in [6, 6.07) is 4.13. The summed E-state index contributed by atoms with van der Waals surface area (Å²) >= 11 is 6.15. The van der Waals surface area contributed by atoms with Crippen molar-refractivity contribution in [3.05, 3.63) is 23.4 Å². The minimum atomic E-state index is 0.309. The molecule has 1 amide bonds. The lowest BCUT2D eigenvalue weighted by molar-refractivity contribution is -0.129. The number of rotatable bonds is 7. The van der Waals surface area contributed by atoms with E-state index in [0.717, 1.165) is 55.4 Å². The smallest absolute Gasteiger partial charge is 0.222 e. The van der Waals surface area contributed by atoms with Gasteiger partial charge >= 0.3 is 0 Å². The predicted molar refractivity (Wildman–Crippen MR) is 93.9 cm³/mol. The number of carbonyl (C=O) groups excluding carboxylic acids is 1. The van der Waals surface area contributed by atoms with Gasteiger partial charge in [0.05, 0.1) is 11.7 Å². The number of fused-ring (bicyclic) bond motifs is 1. The zero-order valence-electron chi connectivity index (χ0n) is 13.4. The fourth-order valence-corrected chi connectivity index (χ4v) is 3.60. The molecule has 2 aromatic rings. The molecular formula is C17H23ClN4O. The normalized spacial score (nSPS) is 16.3. The number of H-pyrrole nitrogens is 1. The van der Waals surface area contributed by atoms with E-state index >= 15 is 0 Å². The van der Waals surface area contributed by atoms with Crippen molar-refractivity contribution in [3.63, 3.8) is 0 Å². The van der Waals surface area contributed by atoms with Gasteiger partial charge in [0.1, 0.15) is 0 Å². The molecule has 0 aliphatic carbocycles. The maximum atomic E-state index is 12.0. The molecule has 1 aliphatic rings. The zero-order valence-corrected chi connectivity index (χ0v) is 14.2. The number of halogens is 1. The minimum absolute atomic E-state index is 0.309. The molecule has 23 heavy (non-hydrogen) atoms. The van der Waals surface area contributed by atoms with Crippen LogP contribution in [0.1, 0.15) is 39.0 Å². The Morgan fingerprint density at radius 2 is 2.30 bits per heavy atom. The first kappa shape index (κ1) is 16.1. The molecule has 1 aromatic heterocycles. The molecule has 1 unspecified atom stereocenters. The van der Waals surface area contributed by atoms with E-state index in [0.29, 0.717) is 23.4 Å². The number of amides is 1. The van der Waals surface area contributed by atoms with E-state index in [1.807, 2.05) is 18.3 Å². The number of carbonyl (C=O) groups is 1. The van der Waals surface area contributed by atoms with Gasteiger partial charge in [-0.25, -0.2) is 0 Å². The van der Waals surface area contributed by atoms with Gasteiger partial charge in [-0.2, -0.15) is 5.10 Å². The first-order valence-corrected chi connectivity index (χ1v) is 8.72. The molecule has 1 atom stereocenters. The van der Waals surface area contributed by atoms with E-state index in [9.17, 15) is 4.79 Å². The van der Waals surface area contributed by atoms with Crippen LogP contribution >= 0.6 is 11.6 Å². The van der Waals surface area contributed by atoms with Crippen LogP contribution in [-0.4, -0.2) is 40.1 Å². The van der Waals surface area contributed by atoms with E-state index in [-0.39, 0.29) is 0 Å². The van der Waals surface area contributed by atoms with E-state index < -0.39 is 0 Å². The second-order valence-corrected chi connectivity index (χ2v) is 6.57. The van der Waals surface area contributed by atoms with Gasteiger partial charge < -0.3 is 10.2 Å². The molecule has 5 nitrogen and oxygen atoms in total. The lowest BCUT2D eigenvalue weighted by atomic mass is 10.1. The summed E-state index contributed by atoms with van der Waals surface area (Å²) in [5.41, 5.74) is 1.92. The van der Waals surface area contributed by atoms with Crippen LogP contribution in [0.15, 0.2) is 18.3 Å². The summed E-state index contributed by atoms with van der Waals surface area (Å²) in [6.07, 6.45) is 6.61. The van der Waals surface area contributed by atoms with Crippen molar-refractivity contribution in [2.24, 2.45) is 0 Å². The summed E-state index contributed by atoms with van der Waals surface area (Å²) in [4.78, 5) is 14.1. The van der Waals surface area contributed by atoms with Crippen LogP contribution in [0, 0.1) is 0 Å². The largest absolute Gasteiger partial charge is 0.384 e. The Morgan fingerprint density at radius 3 is 3.04 bits per heavy atom. The number of nitrogens with one attached hydrogen (secondary N) is 2. The van der Waals surface area contributed by atoms with Crippen molar-refractivity contribution in [3.8, 4) is 0 Å². The van der Waals surface area contributed by atoms with Gasteiger partial charge in [0, 0.05) is 41.6 Å². The van der Waals surface area contributed by atoms with Crippen LogP contribution in [0.4, 0.5) is 5.69 Å². The SMILES string of the molecule is CCCC(CCNc1cc(Cl)cc2[nH]ncc12)N1CCCC1=O. The van der Waals surface area contributed by atoms with Crippen molar-refractivity contribution in [2.45, 2.75) is 45.1 Å². The molecule has 1 fully saturated rings. The minimum Gasteiger partial charge on any atom is -0.384 e. The molecule has 0 spiro atoms. The number of likely N-dealkylation sites (tertiary alicyclic amines) is 1. The molecule has 1 saturated heterocycles. The highest BCUT2D eigenvalue weighted by Crippen LogP contribution is 2.27. The lowest BCUT2D eigenvalue weighted by Crippen LogP contribution is -2.37. The molecule has 3 rings (SSSR count). The first-order chi connectivity index (χ1) is 11.2. The van der Waals surface area contributed by atoms with Gasteiger partial charge in [0.15, 0.2) is 0 Å². The Morgan fingerprint density at radius 1 is 1.43 bits per heavy atom. The van der Waals surface area contributed by atoms with Crippen molar-refractivity contribution < 1.29 is 4.79 Å². The number of hydrogen-bond donors (Lipinski definition) is 2. The fraction of sp³-hybridized carbons (Fsp3) is 0.529. The number of hydrogen-bond acceptors (Lipinski definition) is 3. The Labute approximate surface area is 141 Å². The van der Waals surface area contributed by atoms with Crippen molar-refractivity contribution in [2.75, 3.05) is 18.4 Å². The summed E-state index contributed by atoms with van der Waals surface area (Å²) in [7, 11) is 0. The standard InChI is InChI=1S/C17H23ClN4O/c1-2-4-13(22-8-3-5-17(22)23)6-7-19-15-9-12(18)10-16-14(15)11-20-21-16/h9-11,13,19H,2-8H2,1H3,(H,20,21). The van der Waals surface area contributed by atoms with Crippen molar-refractivity contribution >= 4 is 34.1 Å². The molecule has 2 heterocycles. The van der Waals surface area contributed by atoms with Crippen LogP contribution in [0.3, 0.4) is 0 Å². The zero-order chi connectivity index (χ0) is 16.2. The number of aromatic nitrogens is 2. The summed E-state index contributed by atoms with van der Waals surface area (Å²) in [5, 5.41) is 12.2. The first-order valence-electron chi connectivity index (χ1n) is 8.35. The number of benzene rings is 1. The molecule has 1 aromatic carbocycles. The molecule has 6 heteroatoms. The molecular weight excluding hydrogens is 312 g/mol. The van der Waals surface area contributed by atoms with E-state index in [1.165, 1.54) is 0 Å². The molecule has 1 aliphatic heterocycles. The third kappa shape index (κ3) is 3.61. The number of aromatic amines is 1. The second kappa shape index (κ2) is 7.21. The van der Waals surface area contributed by atoms with Gasteiger partial charge in [-0.15, -0.1) is 0 Å². The summed E-state index contributed by atoms with van der Waals surface area (Å²) < 4.78 is 0. The van der Waals surface area contributed by atoms with Crippen LogP contribution in [0.25, 0.3) is 10.9 Å². The summed E-state index contributed by atoms with van der Waals surface area (Å²) in [6.45, 7) is 3.90.